The van der Waals surface area contributed by atoms with Crippen LogP contribution in [0.2, 0.25) is 5.02 Å². The Balaban J connectivity index is 1.77. The van der Waals surface area contributed by atoms with Crippen molar-refractivity contribution in [3.63, 3.8) is 0 Å². The highest BCUT2D eigenvalue weighted by Gasteiger charge is 2.09. The lowest BCUT2D eigenvalue weighted by molar-refractivity contribution is 0.415. The van der Waals surface area contributed by atoms with Gasteiger partial charge in [0.1, 0.15) is 5.75 Å². The fraction of sp³-hybridized carbons (Fsp3) is 0.167. The molecule has 0 spiro atoms. The van der Waals surface area contributed by atoms with E-state index in [0.29, 0.717) is 6.54 Å². The molecule has 4 nitrogen and oxygen atoms in total. The average molecular weight is 328 g/mol. The van der Waals surface area contributed by atoms with Gasteiger partial charge < -0.3 is 14.6 Å². The minimum atomic E-state index is 0.694. The predicted molar refractivity (Wildman–Crippen MR) is 94.0 cm³/mol. The van der Waals surface area contributed by atoms with Crippen LogP contribution in [0.15, 0.2) is 54.7 Å². The summed E-state index contributed by atoms with van der Waals surface area (Å²) in [6, 6.07) is 15.7. The molecule has 1 N–H and O–H groups in total. The zero-order valence-corrected chi connectivity index (χ0v) is 13.8. The van der Waals surface area contributed by atoms with Gasteiger partial charge in [-0.05, 0) is 29.8 Å². The summed E-state index contributed by atoms with van der Waals surface area (Å²) >= 11 is 5.90. The number of halogens is 1. The standard InChI is InChI=1S/C18H18ClN3O/c1-22-17(14-4-3-5-16(10-14)23-2)12-21-18(22)20-11-13-6-8-15(19)9-7-13/h3-10,12H,11H2,1-2H3,(H,20,21). The molecular formula is C18H18ClN3O. The third-order valence-corrected chi connectivity index (χ3v) is 3.97. The Labute approximate surface area is 140 Å². The highest BCUT2D eigenvalue weighted by atomic mass is 35.5. The number of ether oxygens (including phenoxy) is 1. The molecule has 118 valence electrons. The summed E-state index contributed by atoms with van der Waals surface area (Å²) in [7, 11) is 3.66. The van der Waals surface area contributed by atoms with Crippen LogP contribution in [0.4, 0.5) is 5.95 Å². The Kier molecular flexibility index (Phi) is 4.53. The molecular weight excluding hydrogens is 310 g/mol. The molecule has 1 heterocycles. The Bertz CT molecular complexity index is 796. The number of aromatic nitrogens is 2. The van der Waals surface area contributed by atoms with Gasteiger partial charge in [-0.1, -0.05) is 35.9 Å². The maximum Gasteiger partial charge on any atom is 0.203 e. The van der Waals surface area contributed by atoms with Crippen molar-refractivity contribution < 1.29 is 4.74 Å². The van der Waals surface area contributed by atoms with Crippen molar-refractivity contribution in [2.24, 2.45) is 7.05 Å². The van der Waals surface area contributed by atoms with Crippen LogP contribution >= 0.6 is 11.6 Å². The summed E-state index contributed by atoms with van der Waals surface area (Å²) in [5.74, 6) is 1.65. The molecule has 2 aromatic carbocycles. The molecule has 1 aromatic heterocycles. The van der Waals surface area contributed by atoms with Gasteiger partial charge in [0.15, 0.2) is 0 Å². The van der Waals surface area contributed by atoms with E-state index in [0.717, 1.165) is 33.5 Å². The minimum Gasteiger partial charge on any atom is -0.497 e. The van der Waals surface area contributed by atoms with Crippen LogP contribution in [-0.4, -0.2) is 16.7 Å². The number of imidazole rings is 1. The minimum absolute atomic E-state index is 0.694. The number of methoxy groups -OCH3 is 1. The molecule has 0 bridgehead atoms. The van der Waals surface area contributed by atoms with Crippen molar-refractivity contribution in [3.8, 4) is 17.0 Å². The number of anilines is 1. The number of nitrogens with one attached hydrogen (secondary N) is 1. The number of hydrogen-bond donors (Lipinski definition) is 1. The van der Waals surface area contributed by atoms with Crippen LogP contribution in [0, 0.1) is 0 Å². The van der Waals surface area contributed by atoms with E-state index >= 15 is 0 Å². The van der Waals surface area contributed by atoms with E-state index in [1.54, 1.807) is 7.11 Å². The molecule has 0 aliphatic carbocycles. The molecule has 0 fully saturated rings. The molecule has 0 saturated heterocycles. The lowest BCUT2D eigenvalue weighted by Crippen LogP contribution is -2.05. The fourth-order valence-corrected chi connectivity index (χ4v) is 2.53. The second-order valence-corrected chi connectivity index (χ2v) is 5.67. The van der Waals surface area contributed by atoms with Gasteiger partial charge in [-0.15, -0.1) is 0 Å². The quantitative estimate of drug-likeness (QED) is 0.756. The predicted octanol–water partition coefficient (Wildman–Crippen LogP) is 4.36. The number of rotatable bonds is 5. The lowest BCUT2D eigenvalue weighted by atomic mass is 10.1. The van der Waals surface area contributed by atoms with E-state index < -0.39 is 0 Å². The van der Waals surface area contributed by atoms with Crippen LogP contribution in [-0.2, 0) is 13.6 Å². The maximum absolute atomic E-state index is 5.90. The molecule has 23 heavy (non-hydrogen) atoms. The van der Waals surface area contributed by atoms with E-state index in [-0.39, 0.29) is 0 Å². The number of hydrogen-bond acceptors (Lipinski definition) is 3. The van der Waals surface area contributed by atoms with Gasteiger partial charge in [0, 0.05) is 24.2 Å². The van der Waals surface area contributed by atoms with Crippen molar-refractivity contribution >= 4 is 17.5 Å². The highest BCUT2D eigenvalue weighted by Crippen LogP contribution is 2.25. The van der Waals surface area contributed by atoms with E-state index in [9.17, 15) is 0 Å². The summed E-state index contributed by atoms with van der Waals surface area (Å²) in [5, 5.41) is 4.09. The fourth-order valence-electron chi connectivity index (χ4n) is 2.41. The summed E-state index contributed by atoms with van der Waals surface area (Å²) in [6.07, 6.45) is 1.86. The van der Waals surface area contributed by atoms with Crippen molar-refractivity contribution in [2.45, 2.75) is 6.54 Å². The third kappa shape index (κ3) is 3.48. The molecule has 3 rings (SSSR count). The van der Waals surface area contributed by atoms with Crippen LogP contribution < -0.4 is 10.1 Å². The van der Waals surface area contributed by atoms with E-state index in [1.165, 1.54) is 0 Å². The molecule has 5 heteroatoms. The second kappa shape index (κ2) is 6.75. The Morgan fingerprint density at radius 3 is 2.70 bits per heavy atom. The van der Waals surface area contributed by atoms with Crippen molar-refractivity contribution in [2.75, 3.05) is 12.4 Å². The number of benzene rings is 2. The summed E-state index contributed by atoms with van der Waals surface area (Å²) in [5.41, 5.74) is 3.25. The Morgan fingerprint density at radius 2 is 1.96 bits per heavy atom. The zero-order chi connectivity index (χ0) is 16.2. The van der Waals surface area contributed by atoms with E-state index in [2.05, 4.69) is 10.3 Å². The average Bonchev–Trinajstić information content (AvgIpc) is 2.95. The maximum atomic E-state index is 5.90. The van der Waals surface area contributed by atoms with E-state index in [4.69, 9.17) is 16.3 Å². The smallest absolute Gasteiger partial charge is 0.203 e. The monoisotopic (exact) mass is 327 g/mol. The van der Waals surface area contributed by atoms with Crippen LogP contribution in [0.5, 0.6) is 5.75 Å². The Hall–Kier alpha value is -2.46. The first kappa shape index (κ1) is 15.4. The molecule has 0 aliphatic rings. The largest absolute Gasteiger partial charge is 0.497 e. The SMILES string of the molecule is COc1cccc(-c2cnc(NCc3ccc(Cl)cc3)n2C)c1. The van der Waals surface area contributed by atoms with Gasteiger partial charge in [-0.3, -0.25) is 0 Å². The van der Waals surface area contributed by atoms with Crippen LogP contribution in [0.3, 0.4) is 0 Å². The van der Waals surface area contributed by atoms with Crippen LogP contribution in [0.1, 0.15) is 5.56 Å². The van der Waals surface area contributed by atoms with Gasteiger partial charge in [-0.2, -0.15) is 0 Å². The van der Waals surface area contributed by atoms with Gasteiger partial charge in [0.2, 0.25) is 5.95 Å². The van der Waals surface area contributed by atoms with E-state index in [1.807, 2.05) is 66.3 Å². The Morgan fingerprint density at radius 1 is 1.17 bits per heavy atom. The molecule has 0 saturated carbocycles. The third-order valence-electron chi connectivity index (χ3n) is 3.72. The second-order valence-electron chi connectivity index (χ2n) is 5.24. The van der Waals surface area contributed by atoms with Crippen molar-refractivity contribution in [3.05, 3.63) is 65.3 Å². The first-order chi connectivity index (χ1) is 11.2. The topological polar surface area (TPSA) is 39.1 Å². The summed E-state index contributed by atoms with van der Waals surface area (Å²) < 4.78 is 7.31. The summed E-state index contributed by atoms with van der Waals surface area (Å²) in [6.45, 7) is 0.694. The summed E-state index contributed by atoms with van der Waals surface area (Å²) in [4.78, 5) is 4.47. The molecule has 0 amide bonds. The van der Waals surface area contributed by atoms with Crippen molar-refractivity contribution in [1.82, 2.24) is 9.55 Å². The molecule has 0 atom stereocenters. The molecule has 0 aliphatic heterocycles. The van der Waals surface area contributed by atoms with Gasteiger partial charge >= 0.3 is 0 Å². The molecule has 0 unspecified atom stereocenters. The first-order valence-electron chi connectivity index (χ1n) is 7.32. The highest BCUT2D eigenvalue weighted by molar-refractivity contribution is 6.30. The first-order valence-corrected chi connectivity index (χ1v) is 7.69. The lowest BCUT2D eigenvalue weighted by Gasteiger charge is -2.09. The van der Waals surface area contributed by atoms with Gasteiger partial charge in [-0.25, -0.2) is 4.98 Å². The zero-order valence-electron chi connectivity index (χ0n) is 13.1. The van der Waals surface area contributed by atoms with Crippen molar-refractivity contribution in [1.29, 1.82) is 0 Å². The normalized spacial score (nSPS) is 10.6. The molecule has 3 aromatic rings. The van der Waals surface area contributed by atoms with Gasteiger partial charge in [0.05, 0.1) is 19.0 Å². The van der Waals surface area contributed by atoms with Crippen LogP contribution in [0.25, 0.3) is 11.3 Å². The van der Waals surface area contributed by atoms with Gasteiger partial charge in [0.25, 0.3) is 0 Å². The number of nitrogens with zero attached hydrogens (tertiary/aromatic N) is 2. The molecule has 0 radical (unpaired) electrons.